The van der Waals surface area contributed by atoms with Crippen molar-refractivity contribution < 1.29 is 14.2 Å². The molecule has 7 nitrogen and oxygen atoms in total. The number of aliphatic hydroxyl groups excluding tert-OH is 1. The fourth-order valence-electron chi connectivity index (χ4n) is 3.16. The maximum absolute atomic E-state index is 14.2. The Hall–Kier alpha value is -2.74. The second-order valence-corrected chi connectivity index (χ2v) is 6.72. The number of aromatic nitrogens is 4. The summed E-state index contributed by atoms with van der Waals surface area (Å²) in [6.45, 7) is 4.99. The molecule has 0 unspecified atom stereocenters. The Morgan fingerprint density at radius 1 is 1.31 bits per heavy atom. The zero-order valence-electron chi connectivity index (χ0n) is 14.6. The van der Waals surface area contributed by atoms with Gasteiger partial charge >= 0.3 is 0 Å². The smallest absolute Gasteiger partial charge is 0.167 e. The Kier molecular flexibility index (Phi) is 4.20. The van der Waals surface area contributed by atoms with Crippen molar-refractivity contribution in [3.8, 4) is 17.1 Å². The lowest BCUT2D eigenvalue weighted by Crippen LogP contribution is -2.22. The highest BCUT2D eigenvalue weighted by Crippen LogP contribution is 2.32. The molecule has 0 aliphatic carbocycles. The summed E-state index contributed by atoms with van der Waals surface area (Å²) >= 11 is 0. The predicted molar refractivity (Wildman–Crippen MR) is 95.7 cm³/mol. The number of benzene rings is 1. The topological polar surface area (TPSA) is 87.2 Å². The number of fused-ring (bicyclic) bond motifs is 1. The molecule has 136 valence electrons. The fraction of sp³-hybridized carbons (Fsp3) is 0.389. The normalized spacial score (nSPS) is 17.4. The number of aliphatic hydroxyl groups is 1. The number of anilines is 1. The molecule has 0 bridgehead atoms. The van der Waals surface area contributed by atoms with E-state index in [1.165, 1.54) is 12.4 Å². The minimum Gasteiger partial charge on any atom is -0.488 e. The van der Waals surface area contributed by atoms with Crippen LogP contribution in [0.3, 0.4) is 0 Å². The minimum absolute atomic E-state index is 0.135. The van der Waals surface area contributed by atoms with Gasteiger partial charge in [-0.1, -0.05) is 0 Å². The summed E-state index contributed by atoms with van der Waals surface area (Å²) in [6, 6.07) is 4.85. The van der Waals surface area contributed by atoms with Crippen molar-refractivity contribution in [2.24, 2.45) is 0 Å². The van der Waals surface area contributed by atoms with Crippen LogP contribution in [0.1, 0.15) is 20.3 Å². The third-order valence-corrected chi connectivity index (χ3v) is 4.36. The lowest BCUT2D eigenvalue weighted by Gasteiger charge is -2.16. The van der Waals surface area contributed by atoms with E-state index in [0.29, 0.717) is 23.4 Å². The van der Waals surface area contributed by atoms with E-state index in [0.717, 1.165) is 24.2 Å². The Morgan fingerprint density at radius 2 is 2.15 bits per heavy atom. The Bertz CT molecular complexity index is 942. The van der Waals surface area contributed by atoms with Gasteiger partial charge in [0, 0.05) is 30.6 Å². The van der Waals surface area contributed by atoms with Crippen LogP contribution in [0.4, 0.5) is 10.2 Å². The number of ether oxygens (including phenoxy) is 1. The fourth-order valence-corrected chi connectivity index (χ4v) is 3.16. The standard InChI is InChI=1S/C18H20FN5O2/c1-10(2)26-16-5-12-14(6-13(16)19)22-23-18(12)15-7-17(21-9-20-15)24-4-3-11(25)8-24/h5-7,9-11,25H,3-4,8H2,1-2H3,(H,22,23)/t11-/m1/s1. The molecule has 3 heterocycles. The number of hydrogen-bond donors (Lipinski definition) is 2. The highest BCUT2D eigenvalue weighted by Gasteiger charge is 2.22. The van der Waals surface area contributed by atoms with Crippen LogP contribution in [0.2, 0.25) is 0 Å². The zero-order chi connectivity index (χ0) is 18.3. The largest absolute Gasteiger partial charge is 0.488 e. The molecular formula is C18H20FN5O2. The summed E-state index contributed by atoms with van der Waals surface area (Å²) in [5.41, 5.74) is 1.81. The van der Waals surface area contributed by atoms with Crippen molar-refractivity contribution in [3.05, 3.63) is 30.3 Å². The van der Waals surface area contributed by atoms with Crippen molar-refractivity contribution in [2.75, 3.05) is 18.0 Å². The van der Waals surface area contributed by atoms with Gasteiger partial charge in [0.15, 0.2) is 11.6 Å². The van der Waals surface area contributed by atoms with Gasteiger partial charge in [0.2, 0.25) is 0 Å². The van der Waals surface area contributed by atoms with Gasteiger partial charge < -0.3 is 14.7 Å². The number of hydrogen-bond acceptors (Lipinski definition) is 6. The molecule has 1 fully saturated rings. The number of β-amino-alcohol motifs (C(OH)–C–C–N with tert-alkyl or cyclic N) is 1. The van der Waals surface area contributed by atoms with E-state index in [1.54, 1.807) is 6.07 Å². The highest BCUT2D eigenvalue weighted by molar-refractivity contribution is 5.93. The minimum atomic E-state index is -0.434. The van der Waals surface area contributed by atoms with Gasteiger partial charge in [-0.2, -0.15) is 5.10 Å². The average molecular weight is 357 g/mol. The van der Waals surface area contributed by atoms with Gasteiger partial charge in [0.25, 0.3) is 0 Å². The van der Waals surface area contributed by atoms with Crippen molar-refractivity contribution in [2.45, 2.75) is 32.5 Å². The lowest BCUT2D eigenvalue weighted by molar-refractivity contribution is 0.198. The van der Waals surface area contributed by atoms with Crippen LogP contribution in [0, 0.1) is 5.82 Å². The number of aromatic amines is 1. The Morgan fingerprint density at radius 3 is 2.88 bits per heavy atom. The second-order valence-electron chi connectivity index (χ2n) is 6.72. The van der Waals surface area contributed by atoms with Crippen LogP contribution < -0.4 is 9.64 Å². The third kappa shape index (κ3) is 3.08. The first kappa shape index (κ1) is 16.7. The molecule has 26 heavy (non-hydrogen) atoms. The molecule has 1 aromatic carbocycles. The number of halogens is 1. The molecule has 2 aromatic heterocycles. The number of nitrogens with zero attached hydrogens (tertiary/aromatic N) is 4. The van der Waals surface area contributed by atoms with Crippen LogP contribution in [-0.2, 0) is 0 Å². The maximum atomic E-state index is 14.2. The van der Waals surface area contributed by atoms with E-state index in [4.69, 9.17) is 4.74 Å². The number of rotatable bonds is 4. The summed E-state index contributed by atoms with van der Waals surface area (Å²) in [5.74, 6) is 0.492. The van der Waals surface area contributed by atoms with Crippen LogP contribution >= 0.6 is 0 Å². The highest BCUT2D eigenvalue weighted by atomic mass is 19.1. The van der Waals surface area contributed by atoms with E-state index in [9.17, 15) is 9.50 Å². The monoisotopic (exact) mass is 357 g/mol. The summed E-state index contributed by atoms with van der Waals surface area (Å²) < 4.78 is 19.7. The number of H-pyrrole nitrogens is 1. The number of nitrogens with one attached hydrogen (secondary N) is 1. The SMILES string of the molecule is CC(C)Oc1cc2c(-c3cc(N4CC[C@@H](O)C4)ncn3)n[nH]c2cc1F. The van der Waals surface area contributed by atoms with Gasteiger partial charge in [-0.3, -0.25) is 5.10 Å². The maximum Gasteiger partial charge on any atom is 0.167 e. The Labute approximate surface area is 149 Å². The third-order valence-electron chi connectivity index (χ3n) is 4.36. The molecular weight excluding hydrogens is 337 g/mol. The molecule has 4 rings (SSSR count). The average Bonchev–Trinajstić information content (AvgIpc) is 3.21. The molecule has 0 spiro atoms. The molecule has 1 aliphatic rings. The molecule has 1 saturated heterocycles. The predicted octanol–water partition coefficient (Wildman–Crippen LogP) is 2.52. The van der Waals surface area contributed by atoms with Gasteiger partial charge in [0.05, 0.1) is 23.4 Å². The van der Waals surface area contributed by atoms with Crippen molar-refractivity contribution >= 4 is 16.7 Å². The van der Waals surface area contributed by atoms with E-state index < -0.39 is 5.82 Å². The van der Waals surface area contributed by atoms with Crippen LogP contribution in [-0.4, -0.2) is 50.6 Å². The van der Waals surface area contributed by atoms with Crippen LogP contribution in [0.15, 0.2) is 24.5 Å². The van der Waals surface area contributed by atoms with Gasteiger partial charge in [0.1, 0.15) is 17.8 Å². The van der Waals surface area contributed by atoms with Crippen molar-refractivity contribution in [1.82, 2.24) is 20.2 Å². The first-order valence-electron chi connectivity index (χ1n) is 8.61. The van der Waals surface area contributed by atoms with Gasteiger partial charge in [-0.25, -0.2) is 14.4 Å². The zero-order valence-corrected chi connectivity index (χ0v) is 14.6. The first-order chi connectivity index (χ1) is 12.5. The summed E-state index contributed by atoms with van der Waals surface area (Å²) in [4.78, 5) is 10.6. The second kappa shape index (κ2) is 6.53. The molecule has 2 N–H and O–H groups in total. The molecule has 0 amide bonds. The summed E-state index contributed by atoms with van der Waals surface area (Å²) in [5, 5.41) is 17.6. The van der Waals surface area contributed by atoms with Crippen LogP contribution in [0.5, 0.6) is 5.75 Å². The molecule has 0 radical (unpaired) electrons. The first-order valence-corrected chi connectivity index (χ1v) is 8.61. The van der Waals surface area contributed by atoms with Gasteiger partial charge in [-0.05, 0) is 26.3 Å². The van der Waals surface area contributed by atoms with Crippen molar-refractivity contribution in [3.63, 3.8) is 0 Å². The Balaban J connectivity index is 1.74. The molecule has 3 aromatic rings. The van der Waals surface area contributed by atoms with Gasteiger partial charge in [-0.15, -0.1) is 0 Å². The summed E-state index contributed by atoms with van der Waals surface area (Å²) in [6.07, 6.45) is 1.73. The molecule has 1 aliphatic heterocycles. The van der Waals surface area contributed by atoms with E-state index >= 15 is 0 Å². The lowest BCUT2D eigenvalue weighted by atomic mass is 10.1. The van der Waals surface area contributed by atoms with Crippen molar-refractivity contribution in [1.29, 1.82) is 0 Å². The molecule has 8 heteroatoms. The van der Waals surface area contributed by atoms with Crippen LogP contribution in [0.25, 0.3) is 22.3 Å². The molecule has 0 saturated carbocycles. The summed E-state index contributed by atoms with van der Waals surface area (Å²) in [7, 11) is 0. The van der Waals surface area contributed by atoms with E-state index in [-0.39, 0.29) is 18.0 Å². The quantitative estimate of drug-likeness (QED) is 0.746. The van der Waals surface area contributed by atoms with E-state index in [1.807, 2.05) is 24.8 Å². The molecule has 1 atom stereocenters. The van der Waals surface area contributed by atoms with E-state index in [2.05, 4.69) is 20.2 Å².